The predicted octanol–water partition coefficient (Wildman–Crippen LogP) is 11.1. The molecule has 0 fully saturated rings. The van der Waals surface area contributed by atoms with Crippen molar-refractivity contribution in [2.75, 3.05) is 54.4 Å². The van der Waals surface area contributed by atoms with Crippen molar-refractivity contribution in [1.29, 1.82) is 0 Å². The molecule has 0 saturated heterocycles. The fraction of sp³-hybridized carbons (Fsp3) is 0.870. The van der Waals surface area contributed by atoms with Gasteiger partial charge in [-0.15, -0.1) is 0 Å². The zero-order valence-electron chi connectivity index (χ0n) is 35.5. The Morgan fingerprint density at radius 2 is 0.981 bits per heavy atom. The first kappa shape index (κ1) is 48.4. The number of amides is 2. The number of allylic oxidation sites excluding steroid dienone is 4. The van der Waals surface area contributed by atoms with Crippen molar-refractivity contribution >= 4 is 11.8 Å². The number of hydrogen-bond donors (Lipinski definition) is 2. The molecule has 2 N–H and O–H groups in total. The number of nitrogens with one attached hydrogen (secondary N) is 2. The lowest BCUT2D eigenvalue weighted by Crippen LogP contribution is -2.30. The van der Waals surface area contributed by atoms with Gasteiger partial charge in [0.2, 0.25) is 11.8 Å². The van der Waals surface area contributed by atoms with Crippen molar-refractivity contribution in [2.24, 2.45) is 23.7 Å². The van der Waals surface area contributed by atoms with Gasteiger partial charge in [-0.2, -0.15) is 0 Å². The molecular weight excluding hydrogens is 641 g/mol. The maximum absolute atomic E-state index is 12.2. The molecule has 0 aromatic carbocycles. The molecule has 0 radical (unpaired) electrons. The molecule has 1 aliphatic rings. The van der Waals surface area contributed by atoms with Gasteiger partial charge in [0.25, 0.3) is 0 Å². The van der Waals surface area contributed by atoms with E-state index in [0.29, 0.717) is 24.7 Å². The Labute approximate surface area is 324 Å². The summed E-state index contributed by atoms with van der Waals surface area (Å²) >= 11 is 0. The third-order valence-electron chi connectivity index (χ3n) is 11.2. The SMILES string of the molecule is CCCCCCC1C=CC(CCCCCCCC(=O)NCCCN(C)C)C(C=CCCCCCCCC(=O)NCCCN(C)C)C1CCCCCC. The lowest BCUT2D eigenvalue weighted by molar-refractivity contribution is -0.122. The molecule has 0 saturated carbocycles. The number of nitrogens with zero attached hydrogens (tertiary/aromatic N) is 2. The lowest BCUT2D eigenvalue weighted by atomic mass is 9.66. The minimum absolute atomic E-state index is 0.219. The fourth-order valence-corrected chi connectivity index (χ4v) is 8.01. The average molecular weight is 729 g/mol. The number of carbonyl (C=O) groups is 2. The Hall–Kier alpha value is -1.66. The van der Waals surface area contributed by atoms with Crippen LogP contribution in [-0.4, -0.2) is 76.0 Å². The summed E-state index contributed by atoms with van der Waals surface area (Å²) in [5.41, 5.74) is 0. The summed E-state index contributed by atoms with van der Waals surface area (Å²) in [5.74, 6) is 3.31. The van der Waals surface area contributed by atoms with Gasteiger partial charge in [0.05, 0.1) is 0 Å². The van der Waals surface area contributed by atoms with Crippen LogP contribution in [0, 0.1) is 23.7 Å². The largest absolute Gasteiger partial charge is 0.356 e. The van der Waals surface area contributed by atoms with E-state index in [2.05, 4.69) is 86.8 Å². The molecule has 0 spiro atoms. The van der Waals surface area contributed by atoms with Crippen LogP contribution in [0.15, 0.2) is 24.3 Å². The van der Waals surface area contributed by atoms with Crippen LogP contribution in [-0.2, 0) is 9.59 Å². The van der Waals surface area contributed by atoms with Crippen LogP contribution in [0.3, 0.4) is 0 Å². The normalized spacial score (nSPS) is 18.9. The molecule has 304 valence electrons. The quantitative estimate of drug-likeness (QED) is 0.0504. The van der Waals surface area contributed by atoms with Crippen molar-refractivity contribution < 1.29 is 9.59 Å². The van der Waals surface area contributed by atoms with E-state index in [1.54, 1.807) is 0 Å². The molecule has 6 heteroatoms. The van der Waals surface area contributed by atoms with E-state index < -0.39 is 0 Å². The molecule has 0 aromatic heterocycles. The first-order chi connectivity index (χ1) is 25.3. The van der Waals surface area contributed by atoms with Crippen molar-refractivity contribution in [3.8, 4) is 0 Å². The Morgan fingerprint density at radius 1 is 0.538 bits per heavy atom. The number of unbranched alkanes of at least 4 members (excludes halogenated alkanes) is 15. The van der Waals surface area contributed by atoms with Crippen LogP contribution in [0.2, 0.25) is 0 Å². The zero-order chi connectivity index (χ0) is 38.1. The van der Waals surface area contributed by atoms with Gasteiger partial charge in [-0.05, 0) is 123 Å². The number of hydrogen-bond acceptors (Lipinski definition) is 4. The van der Waals surface area contributed by atoms with Gasteiger partial charge in [0.15, 0.2) is 0 Å². The van der Waals surface area contributed by atoms with Crippen LogP contribution < -0.4 is 10.6 Å². The Morgan fingerprint density at radius 3 is 1.52 bits per heavy atom. The van der Waals surface area contributed by atoms with Crippen molar-refractivity contribution in [2.45, 2.75) is 181 Å². The van der Waals surface area contributed by atoms with Crippen molar-refractivity contribution in [3.63, 3.8) is 0 Å². The summed E-state index contributed by atoms with van der Waals surface area (Å²) in [6.07, 6.45) is 42.0. The minimum Gasteiger partial charge on any atom is -0.356 e. The maximum atomic E-state index is 12.2. The second kappa shape index (κ2) is 33.9. The minimum atomic E-state index is 0.219. The second-order valence-corrected chi connectivity index (χ2v) is 16.7. The maximum Gasteiger partial charge on any atom is 0.219 e. The second-order valence-electron chi connectivity index (χ2n) is 16.7. The number of rotatable bonds is 35. The van der Waals surface area contributed by atoms with Gasteiger partial charge in [0, 0.05) is 25.9 Å². The summed E-state index contributed by atoms with van der Waals surface area (Å²) in [6, 6.07) is 0. The topological polar surface area (TPSA) is 64.7 Å². The molecule has 1 aliphatic carbocycles. The van der Waals surface area contributed by atoms with Crippen LogP contribution in [0.4, 0.5) is 0 Å². The van der Waals surface area contributed by atoms with Crippen LogP contribution in [0.1, 0.15) is 181 Å². The van der Waals surface area contributed by atoms with Crippen molar-refractivity contribution in [3.05, 3.63) is 24.3 Å². The summed E-state index contributed by atoms with van der Waals surface area (Å²) in [5, 5.41) is 6.17. The standard InChI is InChI=1S/C46H88N4O2/c1-7-9-11-21-29-41-35-36-42(30-22-17-16-20-26-34-46(52)48-38-28-40-50(5)6)44(43(41)31-23-12-10-8-2)32-24-18-14-13-15-19-25-33-45(51)47-37-27-39-49(3)4/h24,32,35-36,41-44H,7-23,25-31,33-34,37-40H2,1-6H3,(H,47,51)(H,48,52). The Kier molecular flexibility index (Phi) is 31.5. The Balaban J connectivity index is 2.60. The van der Waals surface area contributed by atoms with Crippen LogP contribution in [0.25, 0.3) is 0 Å². The number of carbonyl (C=O) groups excluding carboxylic acids is 2. The molecule has 0 aliphatic heterocycles. The highest BCUT2D eigenvalue weighted by molar-refractivity contribution is 5.76. The predicted molar refractivity (Wildman–Crippen MR) is 227 cm³/mol. The molecule has 0 bridgehead atoms. The van der Waals surface area contributed by atoms with E-state index >= 15 is 0 Å². The Bertz CT molecular complexity index is 901. The summed E-state index contributed by atoms with van der Waals surface area (Å²) in [6.45, 7) is 8.28. The summed E-state index contributed by atoms with van der Waals surface area (Å²) in [7, 11) is 8.31. The van der Waals surface area contributed by atoms with Gasteiger partial charge < -0.3 is 20.4 Å². The van der Waals surface area contributed by atoms with Gasteiger partial charge in [0.1, 0.15) is 0 Å². The third kappa shape index (κ3) is 27.0. The molecule has 4 atom stereocenters. The highest BCUT2D eigenvalue weighted by atomic mass is 16.2. The van der Waals surface area contributed by atoms with Gasteiger partial charge in [-0.1, -0.05) is 134 Å². The van der Waals surface area contributed by atoms with Crippen LogP contribution in [0.5, 0.6) is 0 Å². The molecule has 1 rings (SSSR count). The van der Waals surface area contributed by atoms with Gasteiger partial charge in [-0.3, -0.25) is 9.59 Å². The highest BCUT2D eigenvalue weighted by Gasteiger charge is 2.33. The van der Waals surface area contributed by atoms with E-state index in [9.17, 15) is 9.59 Å². The molecule has 4 unspecified atom stereocenters. The van der Waals surface area contributed by atoms with E-state index in [0.717, 1.165) is 70.1 Å². The smallest absolute Gasteiger partial charge is 0.219 e. The van der Waals surface area contributed by atoms with E-state index in [1.165, 1.54) is 122 Å². The van der Waals surface area contributed by atoms with Crippen molar-refractivity contribution in [1.82, 2.24) is 20.4 Å². The van der Waals surface area contributed by atoms with Crippen LogP contribution >= 0.6 is 0 Å². The third-order valence-corrected chi connectivity index (χ3v) is 11.2. The molecule has 6 nitrogen and oxygen atoms in total. The zero-order valence-corrected chi connectivity index (χ0v) is 35.5. The molecule has 0 heterocycles. The molecule has 52 heavy (non-hydrogen) atoms. The lowest BCUT2D eigenvalue weighted by Gasteiger charge is -2.39. The average Bonchev–Trinajstić information content (AvgIpc) is 3.12. The van der Waals surface area contributed by atoms with E-state index in [4.69, 9.17) is 0 Å². The fourth-order valence-electron chi connectivity index (χ4n) is 8.01. The summed E-state index contributed by atoms with van der Waals surface area (Å²) in [4.78, 5) is 28.6. The van der Waals surface area contributed by atoms with Gasteiger partial charge >= 0.3 is 0 Å². The van der Waals surface area contributed by atoms with E-state index in [-0.39, 0.29) is 11.8 Å². The summed E-state index contributed by atoms with van der Waals surface area (Å²) < 4.78 is 0. The van der Waals surface area contributed by atoms with Gasteiger partial charge in [-0.25, -0.2) is 0 Å². The molecule has 0 aromatic rings. The highest BCUT2D eigenvalue weighted by Crippen LogP contribution is 2.43. The first-order valence-electron chi connectivity index (χ1n) is 22.5. The molecule has 2 amide bonds. The van der Waals surface area contributed by atoms with E-state index in [1.807, 2.05) is 0 Å². The monoisotopic (exact) mass is 729 g/mol. The molecular formula is C46H88N4O2. The first-order valence-corrected chi connectivity index (χ1v) is 22.5.